The molecule has 0 aromatic rings. The molecular weight excluding hydrogens is 206 g/mol. The van der Waals surface area contributed by atoms with Gasteiger partial charge in [0.25, 0.3) is 0 Å². The lowest BCUT2D eigenvalue weighted by Gasteiger charge is -2.29. The van der Waals surface area contributed by atoms with Crippen LogP contribution in [0.25, 0.3) is 0 Å². The maximum Gasteiger partial charge on any atom is 0.409 e. The number of amidine groups is 1. The van der Waals surface area contributed by atoms with E-state index >= 15 is 0 Å². The summed E-state index contributed by atoms with van der Waals surface area (Å²) in [6, 6.07) is 0.269. The fraction of sp³-hybridized carbons (Fsp3) is 0.818. The van der Waals surface area contributed by atoms with Crippen LogP contribution < -0.4 is 5.73 Å². The predicted octanol–water partition coefficient (Wildman–Crippen LogP) is 1.37. The summed E-state index contributed by atoms with van der Waals surface area (Å²) in [5.41, 5.74) is 5.69. The normalized spacial score (nSPS) is 18.6. The molecule has 5 nitrogen and oxygen atoms in total. The Morgan fingerprint density at radius 1 is 1.44 bits per heavy atom. The van der Waals surface area contributed by atoms with Crippen LogP contribution >= 0.6 is 0 Å². The Balaban J connectivity index is 2.36. The first-order valence-corrected chi connectivity index (χ1v) is 5.91. The number of nitrogens with zero attached hydrogens (tertiary/aromatic N) is 2. The Morgan fingerprint density at radius 2 is 2.06 bits per heavy atom. The topological polar surface area (TPSA) is 67.9 Å². The summed E-state index contributed by atoms with van der Waals surface area (Å²) in [6.07, 6.45) is 2.32. The molecule has 92 valence electrons. The molecule has 0 aliphatic carbocycles. The van der Waals surface area contributed by atoms with Gasteiger partial charge in [-0.05, 0) is 19.8 Å². The van der Waals surface area contributed by atoms with Crippen molar-refractivity contribution in [2.75, 3.05) is 19.7 Å². The van der Waals surface area contributed by atoms with Crippen LogP contribution in [0.4, 0.5) is 4.79 Å². The van der Waals surface area contributed by atoms with Crippen LogP contribution in [0.3, 0.4) is 0 Å². The van der Waals surface area contributed by atoms with Gasteiger partial charge in [0.2, 0.25) is 0 Å². The summed E-state index contributed by atoms with van der Waals surface area (Å²) >= 11 is 0. The number of ether oxygens (including phenoxy) is 1. The first-order chi connectivity index (χ1) is 7.67. The minimum Gasteiger partial charge on any atom is -0.450 e. The van der Waals surface area contributed by atoms with Crippen molar-refractivity contribution >= 4 is 11.9 Å². The molecule has 0 aromatic heterocycles. The van der Waals surface area contributed by atoms with Crippen LogP contribution in [0.2, 0.25) is 0 Å². The van der Waals surface area contributed by atoms with Gasteiger partial charge in [-0.2, -0.15) is 0 Å². The molecule has 16 heavy (non-hydrogen) atoms. The van der Waals surface area contributed by atoms with Crippen molar-refractivity contribution in [1.82, 2.24) is 4.90 Å². The van der Waals surface area contributed by atoms with Crippen LogP contribution in [0, 0.1) is 0 Å². The monoisotopic (exact) mass is 227 g/mol. The summed E-state index contributed by atoms with van der Waals surface area (Å²) in [7, 11) is 0. The standard InChI is InChI=1S/C11H21N3O2/c1-3-10(12)13-9-5-7-14(8-6-9)11(15)16-4-2/h9H,3-8H2,1-2H3,(H2,12,13). The van der Waals surface area contributed by atoms with Gasteiger partial charge in [-0.3, -0.25) is 4.99 Å². The summed E-state index contributed by atoms with van der Waals surface area (Å²) < 4.78 is 4.95. The van der Waals surface area contributed by atoms with E-state index in [1.807, 2.05) is 13.8 Å². The highest BCUT2D eigenvalue weighted by molar-refractivity contribution is 5.80. The lowest BCUT2D eigenvalue weighted by molar-refractivity contribution is 0.0975. The Kier molecular flexibility index (Phi) is 5.08. The summed E-state index contributed by atoms with van der Waals surface area (Å²) in [5.74, 6) is 0.703. The van der Waals surface area contributed by atoms with Crippen LogP contribution in [0.5, 0.6) is 0 Å². The Morgan fingerprint density at radius 3 is 2.56 bits per heavy atom. The maximum atomic E-state index is 11.4. The molecule has 1 heterocycles. The van der Waals surface area contributed by atoms with Crippen molar-refractivity contribution in [3.05, 3.63) is 0 Å². The quantitative estimate of drug-likeness (QED) is 0.585. The third kappa shape index (κ3) is 3.72. The van der Waals surface area contributed by atoms with E-state index in [-0.39, 0.29) is 12.1 Å². The Bertz CT molecular complexity index is 258. The molecule has 1 amide bonds. The fourth-order valence-electron chi connectivity index (χ4n) is 1.72. The molecule has 0 bridgehead atoms. The van der Waals surface area contributed by atoms with Gasteiger partial charge in [-0.25, -0.2) is 4.79 Å². The third-order valence-electron chi connectivity index (χ3n) is 2.70. The second kappa shape index (κ2) is 6.35. The molecule has 1 aliphatic heterocycles. The predicted molar refractivity (Wildman–Crippen MR) is 63.5 cm³/mol. The average Bonchev–Trinajstić information content (AvgIpc) is 2.30. The number of carbonyl (C=O) groups excluding carboxylic acids is 1. The van der Waals surface area contributed by atoms with Crippen molar-refractivity contribution in [3.63, 3.8) is 0 Å². The van der Waals surface area contributed by atoms with Crippen LogP contribution in [0.15, 0.2) is 4.99 Å². The highest BCUT2D eigenvalue weighted by atomic mass is 16.6. The number of likely N-dealkylation sites (tertiary alicyclic amines) is 1. The molecule has 0 radical (unpaired) electrons. The fourth-order valence-corrected chi connectivity index (χ4v) is 1.72. The molecule has 2 N–H and O–H groups in total. The highest BCUT2D eigenvalue weighted by Crippen LogP contribution is 2.14. The van der Waals surface area contributed by atoms with Crippen molar-refractivity contribution in [2.24, 2.45) is 10.7 Å². The summed E-state index contributed by atoms with van der Waals surface area (Å²) in [4.78, 5) is 17.6. The number of aliphatic imine (C=N–C) groups is 1. The smallest absolute Gasteiger partial charge is 0.409 e. The van der Waals surface area contributed by atoms with E-state index in [0.29, 0.717) is 25.5 Å². The summed E-state index contributed by atoms with van der Waals surface area (Å²) in [6.45, 7) is 5.66. The zero-order chi connectivity index (χ0) is 12.0. The second-order valence-corrected chi connectivity index (χ2v) is 3.89. The number of carbonyl (C=O) groups is 1. The molecule has 0 saturated carbocycles. The number of piperidine rings is 1. The van der Waals surface area contributed by atoms with E-state index in [1.54, 1.807) is 4.90 Å². The number of hydrogen-bond acceptors (Lipinski definition) is 3. The number of amides is 1. The van der Waals surface area contributed by atoms with E-state index in [1.165, 1.54) is 0 Å². The number of rotatable bonds is 3. The SMILES string of the molecule is CCOC(=O)N1CCC(N=C(N)CC)CC1. The van der Waals surface area contributed by atoms with Crippen LogP contribution in [-0.4, -0.2) is 42.6 Å². The molecule has 0 aromatic carbocycles. The van der Waals surface area contributed by atoms with Crippen molar-refractivity contribution in [1.29, 1.82) is 0 Å². The van der Waals surface area contributed by atoms with Crippen LogP contribution in [-0.2, 0) is 4.74 Å². The zero-order valence-electron chi connectivity index (χ0n) is 10.1. The van der Waals surface area contributed by atoms with Gasteiger partial charge in [0.1, 0.15) is 0 Å². The minimum absolute atomic E-state index is 0.214. The largest absolute Gasteiger partial charge is 0.450 e. The molecule has 0 spiro atoms. The lowest BCUT2D eigenvalue weighted by atomic mass is 10.1. The van der Waals surface area contributed by atoms with Gasteiger partial charge in [0.05, 0.1) is 18.5 Å². The van der Waals surface area contributed by atoms with Crippen molar-refractivity contribution in [3.8, 4) is 0 Å². The molecule has 1 saturated heterocycles. The van der Waals surface area contributed by atoms with Gasteiger partial charge in [0, 0.05) is 19.5 Å². The van der Waals surface area contributed by atoms with E-state index < -0.39 is 0 Å². The van der Waals surface area contributed by atoms with E-state index in [2.05, 4.69) is 4.99 Å². The molecule has 1 rings (SSSR count). The average molecular weight is 227 g/mol. The Hall–Kier alpha value is -1.26. The molecule has 1 aliphatic rings. The zero-order valence-corrected chi connectivity index (χ0v) is 10.1. The van der Waals surface area contributed by atoms with Gasteiger partial charge in [-0.15, -0.1) is 0 Å². The van der Waals surface area contributed by atoms with Crippen molar-refractivity contribution in [2.45, 2.75) is 39.2 Å². The molecule has 0 atom stereocenters. The molecule has 1 fully saturated rings. The van der Waals surface area contributed by atoms with E-state index in [9.17, 15) is 4.79 Å². The number of hydrogen-bond donors (Lipinski definition) is 1. The first-order valence-electron chi connectivity index (χ1n) is 5.91. The second-order valence-electron chi connectivity index (χ2n) is 3.89. The van der Waals surface area contributed by atoms with Gasteiger partial charge >= 0.3 is 6.09 Å². The maximum absolute atomic E-state index is 11.4. The van der Waals surface area contributed by atoms with Gasteiger partial charge in [0.15, 0.2) is 0 Å². The van der Waals surface area contributed by atoms with E-state index in [0.717, 1.165) is 19.3 Å². The molecule has 5 heteroatoms. The van der Waals surface area contributed by atoms with E-state index in [4.69, 9.17) is 10.5 Å². The molecular formula is C11H21N3O2. The highest BCUT2D eigenvalue weighted by Gasteiger charge is 2.22. The minimum atomic E-state index is -0.214. The van der Waals surface area contributed by atoms with Crippen molar-refractivity contribution < 1.29 is 9.53 Å². The number of nitrogens with two attached hydrogens (primary N) is 1. The summed E-state index contributed by atoms with van der Waals surface area (Å²) in [5, 5.41) is 0. The third-order valence-corrected chi connectivity index (χ3v) is 2.70. The lowest BCUT2D eigenvalue weighted by Crippen LogP contribution is -2.40. The van der Waals surface area contributed by atoms with Gasteiger partial charge < -0.3 is 15.4 Å². The molecule has 0 unspecified atom stereocenters. The Labute approximate surface area is 96.7 Å². The van der Waals surface area contributed by atoms with Gasteiger partial charge in [-0.1, -0.05) is 6.92 Å². The first kappa shape index (κ1) is 12.8. The van der Waals surface area contributed by atoms with Crippen LogP contribution in [0.1, 0.15) is 33.1 Å².